The zero-order chi connectivity index (χ0) is 17.8. The van der Waals surface area contributed by atoms with Crippen LogP contribution in [0.4, 0.5) is 0 Å². The van der Waals surface area contributed by atoms with Crippen molar-refractivity contribution < 1.29 is 19.1 Å². The van der Waals surface area contributed by atoms with Crippen molar-refractivity contribution >= 4 is 11.8 Å². The van der Waals surface area contributed by atoms with E-state index in [0.717, 1.165) is 0 Å². The van der Waals surface area contributed by atoms with Crippen molar-refractivity contribution in [2.45, 2.75) is 13.0 Å². The summed E-state index contributed by atoms with van der Waals surface area (Å²) >= 11 is 0. The molecule has 2 aromatic carbocycles. The summed E-state index contributed by atoms with van der Waals surface area (Å²) in [5.74, 6) is 0.712. The van der Waals surface area contributed by atoms with Gasteiger partial charge in [0.05, 0.1) is 12.7 Å². The van der Waals surface area contributed by atoms with E-state index in [1.807, 2.05) is 6.92 Å². The van der Waals surface area contributed by atoms with Crippen LogP contribution in [0.25, 0.3) is 0 Å². The van der Waals surface area contributed by atoms with Crippen molar-refractivity contribution in [3.8, 4) is 11.5 Å². The Balaban J connectivity index is 1.65. The van der Waals surface area contributed by atoms with Gasteiger partial charge in [-0.3, -0.25) is 9.59 Å². The summed E-state index contributed by atoms with van der Waals surface area (Å²) in [7, 11) is 0. The number of primary amides is 1. The summed E-state index contributed by atoms with van der Waals surface area (Å²) in [6, 6.07) is 13.6. The Morgan fingerprint density at radius 1 is 1.04 bits per heavy atom. The summed E-state index contributed by atoms with van der Waals surface area (Å²) in [6.07, 6.45) is 0.0590. The number of carbonyl (C=O) groups is 2. The average Bonchev–Trinajstić information content (AvgIpc) is 2.62. The number of hydrogen-bond acceptors (Lipinski definition) is 4. The fourth-order valence-electron chi connectivity index (χ4n) is 2.67. The summed E-state index contributed by atoms with van der Waals surface area (Å²) < 4.78 is 11.2. The van der Waals surface area contributed by atoms with Gasteiger partial charge in [-0.25, -0.2) is 0 Å². The minimum Gasteiger partial charge on any atom is -0.457 e. The lowest BCUT2D eigenvalue weighted by molar-refractivity contribution is -0.0124. The Morgan fingerprint density at radius 3 is 2.12 bits per heavy atom. The smallest absolute Gasteiger partial charge is 0.254 e. The molecule has 2 amide bonds. The molecule has 130 valence electrons. The van der Waals surface area contributed by atoms with Gasteiger partial charge in [0.15, 0.2) is 0 Å². The highest BCUT2D eigenvalue weighted by molar-refractivity contribution is 5.94. The van der Waals surface area contributed by atoms with E-state index in [-0.39, 0.29) is 12.0 Å². The predicted molar refractivity (Wildman–Crippen MR) is 92.8 cm³/mol. The molecular formula is C19H20N2O4. The number of ether oxygens (including phenoxy) is 2. The van der Waals surface area contributed by atoms with Gasteiger partial charge in [0.1, 0.15) is 11.5 Å². The first-order chi connectivity index (χ1) is 12.0. The average molecular weight is 340 g/mol. The topological polar surface area (TPSA) is 81.9 Å². The molecule has 6 heteroatoms. The lowest BCUT2D eigenvalue weighted by atomic mass is 10.1. The van der Waals surface area contributed by atoms with Gasteiger partial charge in [-0.05, 0) is 55.5 Å². The highest BCUT2D eigenvalue weighted by atomic mass is 16.5. The number of nitrogens with two attached hydrogens (primary N) is 1. The lowest BCUT2D eigenvalue weighted by Gasteiger charge is -2.31. The largest absolute Gasteiger partial charge is 0.457 e. The van der Waals surface area contributed by atoms with Crippen LogP contribution in [0.3, 0.4) is 0 Å². The molecule has 1 aliphatic rings. The number of carbonyl (C=O) groups excluding carboxylic acids is 2. The molecule has 0 spiro atoms. The molecule has 0 saturated carbocycles. The second-order valence-electron chi connectivity index (χ2n) is 5.95. The molecule has 2 N–H and O–H groups in total. The van der Waals surface area contributed by atoms with E-state index in [1.54, 1.807) is 53.4 Å². The van der Waals surface area contributed by atoms with Crippen molar-refractivity contribution in [3.63, 3.8) is 0 Å². The van der Waals surface area contributed by atoms with Crippen LogP contribution in [0.5, 0.6) is 11.5 Å². The molecule has 25 heavy (non-hydrogen) atoms. The quantitative estimate of drug-likeness (QED) is 0.927. The van der Waals surface area contributed by atoms with Crippen LogP contribution in [0, 0.1) is 0 Å². The second-order valence-corrected chi connectivity index (χ2v) is 5.95. The third kappa shape index (κ3) is 4.16. The van der Waals surface area contributed by atoms with Crippen molar-refractivity contribution in [1.82, 2.24) is 4.90 Å². The third-order valence-electron chi connectivity index (χ3n) is 4.00. The van der Waals surface area contributed by atoms with Gasteiger partial charge in [-0.2, -0.15) is 0 Å². The SMILES string of the molecule is C[C@@H]1CN(C(=O)c2ccc(Oc3ccc(C(N)=O)cc3)cc2)CCO1. The Kier molecular flexibility index (Phi) is 5.00. The maximum absolute atomic E-state index is 12.5. The Hall–Kier alpha value is -2.86. The summed E-state index contributed by atoms with van der Waals surface area (Å²) in [5, 5.41) is 0. The number of amides is 2. The van der Waals surface area contributed by atoms with E-state index in [2.05, 4.69) is 0 Å². The minimum absolute atomic E-state index is 0.00693. The Bertz CT molecular complexity index is 756. The van der Waals surface area contributed by atoms with Crippen LogP contribution >= 0.6 is 0 Å². The molecule has 0 bridgehead atoms. The molecule has 1 heterocycles. The molecule has 6 nitrogen and oxygen atoms in total. The van der Waals surface area contributed by atoms with Gasteiger partial charge in [0.2, 0.25) is 5.91 Å². The lowest BCUT2D eigenvalue weighted by Crippen LogP contribution is -2.44. The predicted octanol–water partition coefficient (Wildman–Crippen LogP) is 2.44. The van der Waals surface area contributed by atoms with Crippen molar-refractivity contribution in [1.29, 1.82) is 0 Å². The Morgan fingerprint density at radius 2 is 1.60 bits per heavy atom. The van der Waals surface area contributed by atoms with Crippen LogP contribution in [-0.4, -0.2) is 42.5 Å². The number of morpholine rings is 1. The molecule has 2 aromatic rings. The monoisotopic (exact) mass is 340 g/mol. The molecule has 1 fully saturated rings. The van der Waals surface area contributed by atoms with Gasteiger partial charge in [0.25, 0.3) is 5.91 Å². The maximum Gasteiger partial charge on any atom is 0.254 e. The molecule has 0 aliphatic carbocycles. The molecule has 0 aromatic heterocycles. The van der Waals surface area contributed by atoms with Crippen LogP contribution in [0.15, 0.2) is 48.5 Å². The number of benzene rings is 2. The van der Waals surface area contributed by atoms with Gasteiger partial charge in [0, 0.05) is 24.2 Å². The van der Waals surface area contributed by atoms with Gasteiger partial charge >= 0.3 is 0 Å². The van der Waals surface area contributed by atoms with Crippen LogP contribution in [-0.2, 0) is 4.74 Å². The van der Waals surface area contributed by atoms with Crippen LogP contribution < -0.4 is 10.5 Å². The molecule has 3 rings (SSSR count). The molecular weight excluding hydrogens is 320 g/mol. The highest BCUT2D eigenvalue weighted by Crippen LogP contribution is 2.22. The first-order valence-electron chi connectivity index (χ1n) is 8.11. The van der Waals surface area contributed by atoms with Crippen molar-refractivity contribution in [3.05, 3.63) is 59.7 Å². The van der Waals surface area contributed by atoms with Crippen molar-refractivity contribution in [2.75, 3.05) is 19.7 Å². The zero-order valence-electron chi connectivity index (χ0n) is 14.0. The summed E-state index contributed by atoms with van der Waals surface area (Å²) in [4.78, 5) is 25.4. The van der Waals surface area contributed by atoms with E-state index in [9.17, 15) is 9.59 Å². The van der Waals surface area contributed by atoms with Gasteiger partial charge < -0.3 is 20.1 Å². The van der Waals surface area contributed by atoms with Crippen molar-refractivity contribution in [2.24, 2.45) is 5.73 Å². The summed E-state index contributed by atoms with van der Waals surface area (Å²) in [6.45, 7) is 3.73. The van der Waals surface area contributed by atoms with Crippen LogP contribution in [0.1, 0.15) is 27.6 Å². The molecule has 0 unspecified atom stereocenters. The second kappa shape index (κ2) is 7.36. The molecule has 1 aliphatic heterocycles. The molecule has 0 radical (unpaired) electrons. The standard InChI is InChI=1S/C19H20N2O4/c1-13-12-21(10-11-24-13)19(23)15-4-8-17(9-5-15)25-16-6-2-14(3-7-16)18(20)22/h2-9,13H,10-12H2,1H3,(H2,20,22)/t13-/m1/s1. The maximum atomic E-state index is 12.5. The van der Waals surface area contributed by atoms with E-state index in [0.29, 0.717) is 42.3 Å². The third-order valence-corrected chi connectivity index (χ3v) is 4.00. The first-order valence-corrected chi connectivity index (χ1v) is 8.11. The molecule has 1 saturated heterocycles. The van der Waals surface area contributed by atoms with E-state index in [1.165, 1.54) is 0 Å². The number of hydrogen-bond donors (Lipinski definition) is 1. The zero-order valence-corrected chi connectivity index (χ0v) is 14.0. The first kappa shape index (κ1) is 17.0. The fourth-order valence-corrected chi connectivity index (χ4v) is 2.67. The fraction of sp³-hybridized carbons (Fsp3) is 0.263. The molecule has 1 atom stereocenters. The number of rotatable bonds is 4. The van der Waals surface area contributed by atoms with Gasteiger partial charge in [-0.15, -0.1) is 0 Å². The minimum atomic E-state index is -0.480. The Labute approximate surface area is 146 Å². The number of nitrogens with zero attached hydrogens (tertiary/aromatic N) is 1. The van der Waals surface area contributed by atoms with E-state index >= 15 is 0 Å². The normalized spacial score (nSPS) is 17.2. The van der Waals surface area contributed by atoms with Gasteiger partial charge in [-0.1, -0.05) is 0 Å². The highest BCUT2D eigenvalue weighted by Gasteiger charge is 2.22. The van der Waals surface area contributed by atoms with Crippen LogP contribution in [0.2, 0.25) is 0 Å². The van der Waals surface area contributed by atoms with E-state index < -0.39 is 5.91 Å². The van der Waals surface area contributed by atoms with E-state index in [4.69, 9.17) is 15.2 Å². The summed E-state index contributed by atoms with van der Waals surface area (Å²) in [5.41, 5.74) is 6.25.